The number of rotatable bonds is 1. The Balaban J connectivity index is 2.29. The quantitative estimate of drug-likeness (QED) is 0.554. The normalized spacial score (nSPS) is 10.6. The van der Waals surface area contributed by atoms with Gasteiger partial charge in [0.1, 0.15) is 0 Å². The van der Waals surface area contributed by atoms with Gasteiger partial charge >= 0.3 is 0 Å². The number of benzene rings is 3. The summed E-state index contributed by atoms with van der Waals surface area (Å²) in [6.07, 6.45) is 0. The zero-order chi connectivity index (χ0) is 11.7. The minimum absolute atomic E-state index is 1.11. The highest BCUT2D eigenvalue weighted by molar-refractivity contribution is 5.92. The highest BCUT2D eigenvalue weighted by atomic mass is 14.1. The Hall–Kier alpha value is -2.08. The molecule has 0 amide bonds. The summed E-state index contributed by atoms with van der Waals surface area (Å²) in [5, 5.41) is 2.48. The van der Waals surface area contributed by atoms with Crippen LogP contribution >= 0.6 is 0 Å². The van der Waals surface area contributed by atoms with Gasteiger partial charge in [-0.2, -0.15) is 0 Å². The van der Waals surface area contributed by atoms with Crippen molar-refractivity contribution in [2.45, 2.75) is 0 Å². The molecule has 81 valence electrons. The third-order valence-electron chi connectivity index (χ3n) is 3.13. The van der Waals surface area contributed by atoms with Gasteiger partial charge in [0, 0.05) is 0 Å². The summed E-state index contributed by atoms with van der Waals surface area (Å²) in [5.41, 5.74) is 3.54. The fourth-order valence-corrected chi connectivity index (χ4v) is 2.22. The largest absolute Gasteiger partial charge is 0.0622 e. The molecule has 17 heavy (non-hydrogen) atoms. The van der Waals surface area contributed by atoms with Crippen LogP contribution in [0.3, 0.4) is 0 Å². The van der Waals surface area contributed by atoms with Crippen molar-refractivity contribution in [3.63, 3.8) is 0 Å². The lowest BCUT2D eigenvalue weighted by atomic mass is 9.95. The van der Waals surface area contributed by atoms with Crippen molar-refractivity contribution in [3.05, 3.63) is 79.2 Å². The Morgan fingerprint density at radius 3 is 2.18 bits per heavy atom. The molecule has 0 aliphatic heterocycles. The molecule has 0 nitrogen and oxygen atoms in total. The number of hydrogen-bond acceptors (Lipinski definition) is 0. The van der Waals surface area contributed by atoms with E-state index in [4.69, 9.17) is 0 Å². The van der Waals surface area contributed by atoms with Crippen LogP contribution in [0.4, 0.5) is 0 Å². The summed E-state index contributed by atoms with van der Waals surface area (Å²) < 4.78 is 0. The molecule has 0 saturated carbocycles. The zero-order valence-electron chi connectivity index (χ0n) is 9.56. The molecule has 0 N–H and O–H groups in total. The van der Waals surface area contributed by atoms with Gasteiger partial charge in [-0.15, -0.1) is 0 Å². The predicted molar refractivity (Wildman–Crippen MR) is 73.8 cm³/mol. The van der Waals surface area contributed by atoms with Gasteiger partial charge in [-0.1, -0.05) is 66.7 Å². The van der Waals surface area contributed by atoms with Crippen LogP contribution in [0.1, 0.15) is 5.56 Å². The van der Waals surface area contributed by atoms with E-state index < -0.39 is 0 Å². The summed E-state index contributed by atoms with van der Waals surface area (Å²) in [4.78, 5) is 0. The molecule has 0 saturated heterocycles. The van der Waals surface area contributed by atoms with E-state index in [1.807, 2.05) is 6.07 Å². The van der Waals surface area contributed by atoms with Crippen LogP contribution in [0, 0.1) is 6.92 Å². The zero-order valence-corrected chi connectivity index (χ0v) is 9.56. The van der Waals surface area contributed by atoms with Crippen molar-refractivity contribution >= 4 is 10.8 Å². The van der Waals surface area contributed by atoms with E-state index in [2.05, 4.69) is 67.6 Å². The Morgan fingerprint density at radius 2 is 1.35 bits per heavy atom. The van der Waals surface area contributed by atoms with Crippen LogP contribution in [0.15, 0.2) is 66.7 Å². The van der Waals surface area contributed by atoms with E-state index in [1.165, 1.54) is 21.9 Å². The van der Waals surface area contributed by atoms with Crippen molar-refractivity contribution < 1.29 is 0 Å². The van der Waals surface area contributed by atoms with Gasteiger partial charge in [0.15, 0.2) is 0 Å². The van der Waals surface area contributed by atoms with Crippen molar-refractivity contribution in [3.8, 4) is 11.1 Å². The SMILES string of the molecule is [CH2]c1c(-c2ccccc2)ccc2ccccc12. The minimum atomic E-state index is 1.11. The molecular weight excluding hydrogens is 204 g/mol. The second kappa shape index (κ2) is 4.06. The Morgan fingerprint density at radius 1 is 0.647 bits per heavy atom. The first-order valence-electron chi connectivity index (χ1n) is 5.75. The van der Waals surface area contributed by atoms with Crippen LogP contribution in [-0.2, 0) is 0 Å². The monoisotopic (exact) mass is 217 g/mol. The predicted octanol–water partition coefficient (Wildman–Crippen LogP) is 4.69. The topological polar surface area (TPSA) is 0 Å². The molecule has 0 bridgehead atoms. The maximum atomic E-state index is 4.23. The highest BCUT2D eigenvalue weighted by Crippen LogP contribution is 2.29. The fraction of sp³-hybridized carbons (Fsp3) is 0. The van der Waals surface area contributed by atoms with Crippen LogP contribution in [0.25, 0.3) is 21.9 Å². The maximum absolute atomic E-state index is 4.23. The average molecular weight is 217 g/mol. The smallest absolute Gasteiger partial charge is 0.0145 e. The Kier molecular flexibility index (Phi) is 2.41. The highest BCUT2D eigenvalue weighted by Gasteiger charge is 2.04. The first-order valence-corrected chi connectivity index (χ1v) is 5.75. The van der Waals surface area contributed by atoms with E-state index in [0.29, 0.717) is 0 Å². The molecule has 3 aromatic rings. The summed E-state index contributed by atoms with van der Waals surface area (Å²) in [6, 6.07) is 23.1. The van der Waals surface area contributed by atoms with Gasteiger partial charge < -0.3 is 0 Å². The lowest BCUT2D eigenvalue weighted by Gasteiger charge is -2.09. The molecular formula is C17H13. The lowest BCUT2D eigenvalue weighted by Crippen LogP contribution is -1.85. The van der Waals surface area contributed by atoms with E-state index in [9.17, 15) is 0 Å². The molecule has 0 aromatic heterocycles. The van der Waals surface area contributed by atoms with Gasteiger partial charge in [0.25, 0.3) is 0 Å². The maximum Gasteiger partial charge on any atom is -0.0145 e. The van der Waals surface area contributed by atoms with Gasteiger partial charge in [0.2, 0.25) is 0 Å². The van der Waals surface area contributed by atoms with E-state index in [0.717, 1.165) is 5.56 Å². The van der Waals surface area contributed by atoms with Crippen molar-refractivity contribution in [2.75, 3.05) is 0 Å². The molecule has 0 spiro atoms. The Labute approximate surface area is 102 Å². The molecule has 3 aromatic carbocycles. The van der Waals surface area contributed by atoms with Crippen LogP contribution < -0.4 is 0 Å². The van der Waals surface area contributed by atoms with Crippen LogP contribution in [-0.4, -0.2) is 0 Å². The van der Waals surface area contributed by atoms with Gasteiger partial charge in [-0.3, -0.25) is 0 Å². The molecule has 0 heteroatoms. The number of fused-ring (bicyclic) bond motifs is 1. The molecule has 0 aliphatic rings. The first kappa shape index (κ1) is 10.1. The lowest BCUT2D eigenvalue weighted by molar-refractivity contribution is 1.60. The molecule has 0 atom stereocenters. The van der Waals surface area contributed by atoms with Crippen molar-refractivity contribution in [2.24, 2.45) is 0 Å². The molecule has 3 rings (SSSR count). The van der Waals surface area contributed by atoms with Gasteiger partial charge in [0.05, 0.1) is 0 Å². The van der Waals surface area contributed by atoms with Crippen LogP contribution in [0.2, 0.25) is 0 Å². The molecule has 0 heterocycles. The average Bonchev–Trinajstić information content (AvgIpc) is 2.40. The van der Waals surface area contributed by atoms with E-state index >= 15 is 0 Å². The van der Waals surface area contributed by atoms with E-state index in [-0.39, 0.29) is 0 Å². The summed E-state index contributed by atoms with van der Waals surface area (Å²) in [5.74, 6) is 0. The third-order valence-corrected chi connectivity index (χ3v) is 3.13. The second-order valence-corrected chi connectivity index (χ2v) is 4.18. The Bertz CT molecular complexity index is 651. The number of hydrogen-bond donors (Lipinski definition) is 0. The molecule has 1 radical (unpaired) electrons. The standard InChI is InChI=1S/C17H13/c1-13-16-10-6-5-9-15(16)11-12-17(13)14-7-3-2-4-8-14/h2-12H,1H2. The first-order chi connectivity index (χ1) is 8.36. The van der Waals surface area contributed by atoms with Gasteiger partial charge in [-0.25, -0.2) is 0 Å². The molecule has 0 fully saturated rings. The van der Waals surface area contributed by atoms with Crippen molar-refractivity contribution in [1.29, 1.82) is 0 Å². The van der Waals surface area contributed by atoms with Crippen molar-refractivity contribution in [1.82, 2.24) is 0 Å². The molecule has 0 aliphatic carbocycles. The second-order valence-electron chi connectivity index (χ2n) is 4.18. The third kappa shape index (κ3) is 1.72. The minimum Gasteiger partial charge on any atom is -0.0622 e. The fourth-order valence-electron chi connectivity index (χ4n) is 2.22. The molecule has 0 unspecified atom stereocenters. The summed E-state index contributed by atoms with van der Waals surface area (Å²) in [7, 11) is 0. The summed E-state index contributed by atoms with van der Waals surface area (Å²) in [6.45, 7) is 4.23. The van der Waals surface area contributed by atoms with Crippen LogP contribution in [0.5, 0.6) is 0 Å². The van der Waals surface area contributed by atoms with E-state index in [1.54, 1.807) is 0 Å². The summed E-state index contributed by atoms with van der Waals surface area (Å²) >= 11 is 0. The van der Waals surface area contributed by atoms with Gasteiger partial charge in [-0.05, 0) is 34.4 Å².